The van der Waals surface area contributed by atoms with Gasteiger partial charge in [0.2, 0.25) is 5.91 Å². The molecule has 2 amide bonds. The number of carbonyl (C=O) groups excluding carboxylic acids is 2. The first-order valence-electron chi connectivity index (χ1n) is 10.1. The monoisotopic (exact) mass is 414 g/mol. The zero-order valence-electron chi connectivity index (χ0n) is 16.2. The third-order valence-corrected chi connectivity index (χ3v) is 6.41. The number of likely N-dealkylation sites (tertiary alicyclic amines) is 1. The summed E-state index contributed by atoms with van der Waals surface area (Å²) >= 11 is 5.88. The minimum absolute atomic E-state index is 0.0197. The van der Waals surface area contributed by atoms with Gasteiger partial charge in [0.1, 0.15) is 5.82 Å². The molecular weight excluding hydrogens is 391 g/mol. The van der Waals surface area contributed by atoms with Crippen molar-refractivity contribution in [1.29, 1.82) is 0 Å². The summed E-state index contributed by atoms with van der Waals surface area (Å²) < 4.78 is 13.2. The fourth-order valence-corrected chi connectivity index (χ4v) is 4.17. The van der Waals surface area contributed by atoms with Crippen molar-refractivity contribution in [2.75, 3.05) is 19.6 Å². The fraction of sp³-hybridized carbons (Fsp3) is 0.391. The van der Waals surface area contributed by atoms with Crippen molar-refractivity contribution in [3.05, 3.63) is 70.5 Å². The summed E-state index contributed by atoms with van der Waals surface area (Å²) in [5.74, 6) is -0.285. The standard InChI is InChI=1S/C23H24ClFN2O2/c24-19-5-1-17(2-6-19)22(29)27-13-9-16(10-14-27)21(28)26-15-23(11-12-23)18-3-7-20(25)8-4-18/h1-8,16H,9-15H2,(H,26,28). The second-order valence-corrected chi connectivity index (χ2v) is 8.51. The van der Waals surface area contributed by atoms with Crippen LogP contribution in [0.1, 0.15) is 41.6 Å². The van der Waals surface area contributed by atoms with Gasteiger partial charge >= 0.3 is 0 Å². The molecule has 1 N–H and O–H groups in total. The largest absolute Gasteiger partial charge is 0.355 e. The van der Waals surface area contributed by atoms with E-state index in [2.05, 4.69) is 5.32 Å². The first kappa shape index (κ1) is 19.9. The number of amides is 2. The Morgan fingerprint density at radius 3 is 2.24 bits per heavy atom. The molecule has 2 aromatic rings. The van der Waals surface area contributed by atoms with Crippen LogP contribution in [0.25, 0.3) is 0 Å². The molecule has 0 unspecified atom stereocenters. The molecule has 0 spiro atoms. The number of benzene rings is 2. The van der Waals surface area contributed by atoms with E-state index in [4.69, 9.17) is 11.6 Å². The Morgan fingerprint density at radius 2 is 1.66 bits per heavy atom. The van der Waals surface area contributed by atoms with Crippen LogP contribution in [0.5, 0.6) is 0 Å². The van der Waals surface area contributed by atoms with E-state index >= 15 is 0 Å². The summed E-state index contributed by atoms with van der Waals surface area (Å²) in [6.45, 7) is 1.73. The topological polar surface area (TPSA) is 49.4 Å². The summed E-state index contributed by atoms with van der Waals surface area (Å²) in [6, 6.07) is 13.5. The van der Waals surface area contributed by atoms with Gasteiger partial charge in [-0.25, -0.2) is 4.39 Å². The Hall–Kier alpha value is -2.40. The van der Waals surface area contributed by atoms with E-state index in [1.807, 2.05) is 12.1 Å². The van der Waals surface area contributed by atoms with Crippen molar-refractivity contribution in [3.8, 4) is 0 Å². The normalized spacial score (nSPS) is 18.3. The Kier molecular flexibility index (Phi) is 5.59. The maximum atomic E-state index is 13.2. The number of halogens is 2. The van der Waals surface area contributed by atoms with E-state index in [1.165, 1.54) is 12.1 Å². The molecule has 4 rings (SSSR count). The lowest BCUT2D eigenvalue weighted by Crippen LogP contribution is -2.44. The Bertz CT molecular complexity index is 886. The van der Waals surface area contributed by atoms with Gasteiger partial charge in [-0.1, -0.05) is 23.7 Å². The summed E-state index contributed by atoms with van der Waals surface area (Å²) in [7, 11) is 0. The van der Waals surface area contributed by atoms with Crippen LogP contribution in [0.15, 0.2) is 48.5 Å². The average molecular weight is 415 g/mol. The van der Waals surface area contributed by atoms with Gasteiger partial charge in [-0.15, -0.1) is 0 Å². The summed E-state index contributed by atoms with van der Waals surface area (Å²) in [5.41, 5.74) is 1.66. The van der Waals surface area contributed by atoms with Crippen LogP contribution in [-0.4, -0.2) is 36.3 Å². The maximum absolute atomic E-state index is 13.2. The van der Waals surface area contributed by atoms with E-state index in [-0.39, 0.29) is 29.0 Å². The van der Waals surface area contributed by atoms with Crippen molar-refractivity contribution in [2.45, 2.75) is 31.1 Å². The van der Waals surface area contributed by atoms with E-state index in [0.717, 1.165) is 18.4 Å². The molecule has 4 nitrogen and oxygen atoms in total. The molecule has 2 aromatic carbocycles. The highest BCUT2D eigenvalue weighted by Crippen LogP contribution is 2.47. The molecule has 1 saturated heterocycles. The lowest BCUT2D eigenvalue weighted by molar-refractivity contribution is -0.126. The maximum Gasteiger partial charge on any atom is 0.253 e. The molecule has 29 heavy (non-hydrogen) atoms. The second-order valence-electron chi connectivity index (χ2n) is 8.08. The zero-order chi connectivity index (χ0) is 20.4. The molecule has 0 radical (unpaired) electrons. The molecule has 1 saturated carbocycles. The molecule has 0 atom stereocenters. The zero-order valence-corrected chi connectivity index (χ0v) is 16.9. The van der Waals surface area contributed by atoms with E-state index < -0.39 is 0 Å². The lowest BCUT2D eigenvalue weighted by atomic mass is 9.93. The van der Waals surface area contributed by atoms with Gasteiger partial charge in [0.05, 0.1) is 0 Å². The quantitative estimate of drug-likeness (QED) is 0.797. The third kappa shape index (κ3) is 4.45. The van der Waals surface area contributed by atoms with Crippen LogP contribution >= 0.6 is 11.6 Å². The molecule has 2 fully saturated rings. The predicted molar refractivity (Wildman–Crippen MR) is 110 cm³/mol. The van der Waals surface area contributed by atoms with E-state index in [9.17, 15) is 14.0 Å². The molecule has 1 aliphatic carbocycles. The van der Waals surface area contributed by atoms with Crippen molar-refractivity contribution in [2.24, 2.45) is 5.92 Å². The number of nitrogens with one attached hydrogen (secondary N) is 1. The van der Waals surface area contributed by atoms with Crippen LogP contribution in [0.4, 0.5) is 4.39 Å². The Balaban J connectivity index is 1.27. The van der Waals surface area contributed by atoms with Crippen LogP contribution in [-0.2, 0) is 10.2 Å². The molecule has 1 heterocycles. The van der Waals surface area contributed by atoms with E-state index in [0.29, 0.717) is 43.1 Å². The van der Waals surface area contributed by atoms with Gasteiger partial charge in [0.25, 0.3) is 5.91 Å². The number of rotatable bonds is 5. The van der Waals surface area contributed by atoms with Crippen molar-refractivity contribution < 1.29 is 14.0 Å². The Morgan fingerprint density at radius 1 is 1.03 bits per heavy atom. The average Bonchev–Trinajstić information content (AvgIpc) is 3.54. The number of hydrogen-bond donors (Lipinski definition) is 1. The number of carbonyl (C=O) groups is 2. The van der Waals surface area contributed by atoms with E-state index in [1.54, 1.807) is 29.2 Å². The summed E-state index contributed by atoms with van der Waals surface area (Å²) in [4.78, 5) is 27.0. The van der Waals surface area contributed by atoms with Crippen molar-refractivity contribution in [1.82, 2.24) is 10.2 Å². The predicted octanol–water partition coefficient (Wildman–Crippen LogP) is 4.18. The highest BCUT2D eigenvalue weighted by atomic mass is 35.5. The molecule has 1 aliphatic heterocycles. The molecule has 2 aliphatic rings. The molecule has 152 valence electrons. The van der Waals surface area contributed by atoms with Gasteiger partial charge in [0, 0.05) is 41.6 Å². The highest BCUT2D eigenvalue weighted by molar-refractivity contribution is 6.30. The second kappa shape index (κ2) is 8.15. The fourth-order valence-electron chi connectivity index (χ4n) is 4.04. The Labute approximate surface area is 175 Å². The lowest BCUT2D eigenvalue weighted by Gasteiger charge is -2.31. The number of piperidine rings is 1. The van der Waals surface area contributed by atoms with Gasteiger partial charge < -0.3 is 10.2 Å². The van der Waals surface area contributed by atoms with Gasteiger partial charge in [-0.3, -0.25) is 9.59 Å². The summed E-state index contributed by atoms with van der Waals surface area (Å²) in [6.07, 6.45) is 3.34. The smallest absolute Gasteiger partial charge is 0.253 e. The minimum Gasteiger partial charge on any atom is -0.355 e. The molecule has 0 aromatic heterocycles. The first-order valence-corrected chi connectivity index (χ1v) is 10.4. The summed E-state index contributed by atoms with van der Waals surface area (Å²) in [5, 5.41) is 3.70. The van der Waals surface area contributed by atoms with Gasteiger partial charge in [0.15, 0.2) is 0 Å². The van der Waals surface area contributed by atoms with Crippen LogP contribution < -0.4 is 5.32 Å². The highest BCUT2D eigenvalue weighted by Gasteiger charge is 2.44. The first-order chi connectivity index (χ1) is 14.0. The van der Waals surface area contributed by atoms with Crippen LogP contribution in [0.2, 0.25) is 5.02 Å². The number of hydrogen-bond acceptors (Lipinski definition) is 2. The SMILES string of the molecule is O=C(NCC1(c2ccc(F)cc2)CC1)C1CCN(C(=O)c2ccc(Cl)cc2)CC1. The third-order valence-electron chi connectivity index (χ3n) is 6.16. The van der Waals surface area contributed by atoms with Crippen molar-refractivity contribution >= 4 is 23.4 Å². The minimum atomic E-state index is -0.242. The molecule has 6 heteroatoms. The molecular formula is C23H24ClFN2O2. The van der Waals surface area contributed by atoms with Gasteiger partial charge in [-0.2, -0.15) is 0 Å². The van der Waals surface area contributed by atoms with Crippen LogP contribution in [0.3, 0.4) is 0 Å². The van der Waals surface area contributed by atoms with Gasteiger partial charge in [-0.05, 0) is 67.6 Å². The molecule has 0 bridgehead atoms. The number of nitrogens with zero attached hydrogens (tertiary/aromatic N) is 1. The van der Waals surface area contributed by atoms with Crippen molar-refractivity contribution in [3.63, 3.8) is 0 Å². The van der Waals surface area contributed by atoms with Crippen LogP contribution in [0, 0.1) is 11.7 Å².